The van der Waals surface area contributed by atoms with E-state index in [4.69, 9.17) is 9.84 Å². The molecule has 2 atom stereocenters. The van der Waals surface area contributed by atoms with Crippen molar-refractivity contribution in [3.63, 3.8) is 0 Å². The molecule has 0 radical (unpaired) electrons. The first-order valence-corrected chi connectivity index (χ1v) is 10.2. The molecule has 0 aromatic rings. The Morgan fingerprint density at radius 2 is 1.86 bits per heavy atom. The lowest BCUT2D eigenvalue weighted by molar-refractivity contribution is -0.137. The van der Waals surface area contributed by atoms with Crippen molar-refractivity contribution in [3.05, 3.63) is 0 Å². The summed E-state index contributed by atoms with van der Waals surface area (Å²) in [6.07, 6.45) is 14.1. The summed E-state index contributed by atoms with van der Waals surface area (Å²) in [6.45, 7) is 3.18. The second kappa shape index (κ2) is 13.2. The maximum Gasteiger partial charge on any atom is 0.303 e. The molecule has 0 aromatic heterocycles. The second-order valence-electron chi connectivity index (χ2n) is 6.37. The van der Waals surface area contributed by atoms with Gasteiger partial charge in [0.2, 0.25) is 0 Å². The Morgan fingerprint density at radius 3 is 2.64 bits per heavy atom. The number of thioether (sulfide) groups is 1. The van der Waals surface area contributed by atoms with Crippen molar-refractivity contribution in [2.24, 2.45) is 0 Å². The predicted octanol–water partition coefficient (Wildman–Crippen LogP) is 5.27. The smallest absolute Gasteiger partial charge is 0.303 e. The molecule has 0 aliphatic heterocycles. The lowest BCUT2D eigenvalue weighted by Gasteiger charge is -2.20. The van der Waals surface area contributed by atoms with Gasteiger partial charge in [0.25, 0.3) is 0 Å². The zero-order chi connectivity index (χ0) is 16.0. The number of hydrogen-bond acceptors (Lipinski definition) is 3. The fraction of sp³-hybridized carbons (Fsp3) is 0.944. The fourth-order valence-corrected chi connectivity index (χ4v) is 4.44. The van der Waals surface area contributed by atoms with Gasteiger partial charge in [0.05, 0.1) is 6.10 Å². The Morgan fingerprint density at radius 1 is 1.09 bits per heavy atom. The van der Waals surface area contributed by atoms with Crippen LogP contribution in [0.3, 0.4) is 0 Å². The molecule has 4 heteroatoms. The predicted molar refractivity (Wildman–Crippen MR) is 94.7 cm³/mol. The van der Waals surface area contributed by atoms with Crippen LogP contribution in [0.5, 0.6) is 0 Å². The van der Waals surface area contributed by atoms with Gasteiger partial charge < -0.3 is 9.84 Å². The SMILES string of the molecule is CCCCCCCO[C@H]1CCC[C@@H]1SCCCCCC(=O)O. The van der Waals surface area contributed by atoms with Crippen LogP contribution in [0.1, 0.15) is 84.0 Å². The summed E-state index contributed by atoms with van der Waals surface area (Å²) in [6, 6.07) is 0. The molecule has 0 saturated heterocycles. The lowest BCUT2D eigenvalue weighted by atomic mass is 10.2. The third kappa shape index (κ3) is 9.73. The molecule has 0 heterocycles. The summed E-state index contributed by atoms with van der Waals surface area (Å²) in [5, 5.41) is 9.28. The minimum atomic E-state index is -0.671. The molecule has 22 heavy (non-hydrogen) atoms. The second-order valence-corrected chi connectivity index (χ2v) is 7.72. The molecule has 1 N–H and O–H groups in total. The molecule has 0 spiro atoms. The molecule has 130 valence electrons. The highest BCUT2D eigenvalue weighted by Crippen LogP contribution is 2.33. The summed E-state index contributed by atoms with van der Waals surface area (Å²) in [5.74, 6) is 0.483. The molecule has 1 saturated carbocycles. The Kier molecular flexibility index (Phi) is 11.9. The summed E-state index contributed by atoms with van der Waals surface area (Å²) in [7, 11) is 0. The molecule has 0 bridgehead atoms. The maximum absolute atomic E-state index is 10.4. The Balaban J connectivity index is 1.99. The van der Waals surface area contributed by atoms with Crippen LogP contribution in [0.4, 0.5) is 0 Å². The van der Waals surface area contributed by atoms with E-state index in [1.165, 1.54) is 51.4 Å². The van der Waals surface area contributed by atoms with Crippen LogP contribution in [0.15, 0.2) is 0 Å². The van der Waals surface area contributed by atoms with Crippen LogP contribution in [0.25, 0.3) is 0 Å². The van der Waals surface area contributed by atoms with Crippen LogP contribution >= 0.6 is 11.8 Å². The van der Waals surface area contributed by atoms with Crippen LogP contribution in [0, 0.1) is 0 Å². The molecule has 3 nitrogen and oxygen atoms in total. The Hall–Kier alpha value is -0.220. The van der Waals surface area contributed by atoms with Gasteiger partial charge in [0, 0.05) is 18.3 Å². The van der Waals surface area contributed by atoms with E-state index >= 15 is 0 Å². The van der Waals surface area contributed by atoms with Crippen molar-refractivity contribution in [1.29, 1.82) is 0 Å². The van der Waals surface area contributed by atoms with Crippen molar-refractivity contribution in [1.82, 2.24) is 0 Å². The zero-order valence-electron chi connectivity index (χ0n) is 14.2. The number of ether oxygens (including phenoxy) is 1. The van der Waals surface area contributed by atoms with E-state index in [1.807, 2.05) is 0 Å². The van der Waals surface area contributed by atoms with E-state index in [1.54, 1.807) is 0 Å². The topological polar surface area (TPSA) is 46.5 Å². The minimum absolute atomic E-state index is 0.317. The average Bonchev–Trinajstić information content (AvgIpc) is 2.93. The number of carboxylic acids is 1. The molecule has 1 rings (SSSR count). The monoisotopic (exact) mass is 330 g/mol. The number of carboxylic acid groups (broad SMARTS) is 1. The van der Waals surface area contributed by atoms with E-state index in [2.05, 4.69) is 18.7 Å². The quantitative estimate of drug-likeness (QED) is 0.441. The van der Waals surface area contributed by atoms with Gasteiger partial charge >= 0.3 is 5.97 Å². The van der Waals surface area contributed by atoms with Gasteiger partial charge in [-0.25, -0.2) is 0 Å². The van der Waals surface area contributed by atoms with Gasteiger partial charge in [-0.15, -0.1) is 0 Å². The van der Waals surface area contributed by atoms with Crippen molar-refractivity contribution in [2.75, 3.05) is 12.4 Å². The third-order valence-electron chi connectivity index (χ3n) is 4.34. The molecule has 1 aliphatic carbocycles. The molecule has 0 aromatic carbocycles. The highest BCUT2D eigenvalue weighted by atomic mass is 32.2. The van der Waals surface area contributed by atoms with Gasteiger partial charge in [-0.3, -0.25) is 4.79 Å². The maximum atomic E-state index is 10.4. The average molecular weight is 331 g/mol. The number of aliphatic carboxylic acids is 1. The van der Waals surface area contributed by atoms with Gasteiger partial charge in [0.1, 0.15) is 0 Å². The van der Waals surface area contributed by atoms with Gasteiger partial charge in [-0.05, 0) is 44.3 Å². The van der Waals surface area contributed by atoms with Gasteiger partial charge in [-0.1, -0.05) is 39.0 Å². The molecule has 1 aliphatic rings. The van der Waals surface area contributed by atoms with E-state index in [0.29, 0.717) is 17.8 Å². The van der Waals surface area contributed by atoms with Crippen molar-refractivity contribution < 1.29 is 14.6 Å². The number of unbranched alkanes of at least 4 members (excludes halogenated alkanes) is 6. The van der Waals surface area contributed by atoms with Gasteiger partial charge in [0.15, 0.2) is 0 Å². The summed E-state index contributed by atoms with van der Waals surface area (Å²) in [4.78, 5) is 10.4. The first-order chi connectivity index (χ1) is 10.7. The summed E-state index contributed by atoms with van der Waals surface area (Å²) >= 11 is 2.05. The number of rotatable bonds is 14. The number of carbonyl (C=O) groups is 1. The van der Waals surface area contributed by atoms with E-state index < -0.39 is 5.97 Å². The standard InChI is InChI=1S/C18H34O3S/c1-2-3-4-5-8-14-21-16-11-10-12-17(16)22-15-9-6-7-13-18(19)20/h16-17H,2-15H2,1H3,(H,19,20)/t16-,17-/m0/s1. The fourth-order valence-electron chi connectivity index (χ4n) is 3.00. The first kappa shape index (κ1) is 19.8. The molecule has 0 amide bonds. The van der Waals surface area contributed by atoms with Crippen molar-refractivity contribution in [2.45, 2.75) is 95.3 Å². The normalized spacial score (nSPS) is 21.3. The third-order valence-corrected chi connectivity index (χ3v) is 5.83. The molecular formula is C18H34O3S. The number of hydrogen-bond donors (Lipinski definition) is 1. The summed E-state index contributed by atoms with van der Waals surface area (Å²) in [5.41, 5.74) is 0. The van der Waals surface area contributed by atoms with E-state index in [9.17, 15) is 4.79 Å². The van der Waals surface area contributed by atoms with Crippen LogP contribution < -0.4 is 0 Å². The minimum Gasteiger partial charge on any atom is -0.481 e. The highest BCUT2D eigenvalue weighted by Gasteiger charge is 2.27. The zero-order valence-corrected chi connectivity index (χ0v) is 15.0. The van der Waals surface area contributed by atoms with E-state index in [-0.39, 0.29) is 0 Å². The summed E-state index contributed by atoms with van der Waals surface area (Å²) < 4.78 is 6.11. The van der Waals surface area contributed by atoms with E-state index in [0.717, 1.165) is 31.6 Å². The Bertz CT molecular complexity index is 284. The molecule has 1 fully saturated rings. The van der Waals surface area contributed by atoms with Gasteiger partial charge in [-0.2, -0.15) is 11.8 Å². The largest absolute Gasteiger partial charge is 0.481 e. The van der Waals surface area contributed by atoms with Crippen LogP contribution in [-0.4, -0.2) is 34.8 Å². The lowest BCUT2D eigenvalue weighted by Crippen LogP contribution is -2.21. The molecule has 0 unspecified atom stereocenters. The first-order valence-electron chi connectivity index (χ1n) is 9.19. The van der Waals surface area contributed by atoms with Crippen LogP contribution in [0.2, 0.25) is 0 Å². The van der Waals surface area contributed by atoms with Crippen molar-refractivity contribution >= 4 is 17.7 Å². The van der Waals surface area contributed by atoms with Crippen molar-refractivity contribution in [3.8, 4) is 0 Å². The van der Waals surface area contributed by atoms with Crippen LogP contribution in [-0.2, 0) is 9.53 Å². The molecular weight excluding hydrogens is 296 g/mol. The Labute approximate surface area is 140 Å². The highest BCUT2D eigenvalue weighted by molar-refractivity contribution is 7.99.